The fraction of sp³-hybridized carbons (Fsp3) is 0.650. The molecule has 1 aromatic rings. The van der Waals surface area contributed by atoms with E-state index in [4.69, 9.17) is 4.74 Å². The summed E-state index contributed by atoms with van der Waals surface area (Å²) >= 11 is 0. The van der Waals surface area contributed by atoms with Crippen molar-refractivity contribution < 1.29 is 13.9 Å². The van der Waals surface area contributed by atoms with E-state index in [1.165, 1.54) is 6.07 Å². The van der Waals surface area contributed by atoms with Crippen molar-refractivity contribution in [3.63, 3.8) is 0 Å². The van der Waals surface area contributed by atoms with Crippen molar-refractivity contribution in [3.8, 4) is 0 Å². The molecule has 2 saturated heterocycles. The van der Waals surface area contributed by atoms with Gasteiger partial charge in [-0.25, -0.2) is 4.39 Å². The average Bonchev–Trinajstić information content (AvgIpc) is 3.34. The predicted octanol–water partition coefficient (Wildman–Crippen LogP) is 2.85. The van der Waals surface area contributed by atoms with E-state index >= 15 is 0 Å². The number of nitrogens with zero attached hydrogens (tertiary/aromatic N) is 2. The zero-order valence-electron chi connectivity index (χ0n) is 14.9. The van der Waals surface area contributed by atoms with Crippen molar-refractivity contribution in [2.24, 2.45) is 11.3 Å². The van der Waals surface area contributed by atoms with Gasteiger partial charge in [-0.05, 0) is 37.7 Å². The molecule has 2 heterocycles. The van der Waals surface area contributed by atoms with E-state index in [1.54, 1.807) is 6.07 Å². The first-order valence-corrected chi connectivity index (χ1v) is 9.46. The van der Waals surface area contributed by atoms with Crippen molar-refractivity contribution in [1.82, 2.24) is 9.80 Å². The monoisotopic (exact) mass is 346 g/mol. The van der Waals surface area contributed by atoms with Gasteiger partial charge < -0.3 is 9.64 Å². The quantitative estimate of drug-likeness (QED) is 0.844. The zero-order chi connectivity index (χ0) is 17.4. The number of amides is 1. The van der Waals surface area contributed by atoms with E-state index in [0.717, 1.165) is 64.2 Å². The lowest BCUT2D eigenvalue weighted by Gasteiger charge is -2.38. The van der Waals surface area contributed by atoms with Crippen LogP contribution in [0.3, 0.4) is 0 Å². The van der Waals surface area contributed by atoms with Crippen molar-refractivity contribution in [1.29, 1.82) is 0 Å². The number of hydrogen-bond donors (Lipinski definition) is 0. The number of piperazine rings is 1. The number of rotatable bonds is 3. The minimum Gasteiger partial charge on any atom is -0.381 e. The standard InChI is InChI=1S/C20H27FN2O2/c1-15(16-4-2-3-5-18(16)21)22-8-10-23(11-9-22)19(24)17-14-20(17)6-12-25-13-7-20/h2-5,15,17H,6-14H2,1H3. The number of hydrogen-bond acceptors (Lipinski definition) is 3. The second kappa shape index (κ2) is 6.69. The van der Waals surface area contributed by atoms with E-state index < -0.39 is 0 Å². The first kappa shape index (κ1) is 17.0. The van der Waals surface area contributed by atoms with Crippen LogP contribution in [0.1, 0.15) is 37.8 Å². The molecule has 1 spiro atoms. The Balaban J connectivity index is 1.33. The summed E-state index contributed by atoms with van der Waals surface area (Å²) in [4.78, 5) is 17.1. The van der Waals surface area contributed by atoms with Crippen LogP contribution >= 0.6 is 0 Å². The molecule has 2 aliphatic heterocycles. The minimum atomic E-state index is -0.145. The number of halogens is 1. The third-order valence-electron chi connectivity index (χ3n) is 6.51. The molecule has 0 bridgehead atoms. The molecule has 3 aliphatic rings. The van der Waals surface area contributed by atoms with Crippen molar-refractivity contribution in [3.05, 3.63) is 35.6 Å². The topological polar surface area (TPSA) is 32.8 Å². The Labute approximate surface area is 148 Å². The molecule has 1 aromatic carbocycles. The van der Waals surface area contributed by atoms with Gasteiger partial charge in [-0.1, -0.05) is 18.2 Å². The van der Waals surface area contributed by atoms with Gasteiger partial charge in [0.15, 0.2) is 0 Å². The van der Waals surface area contributed by atoms with Gasteiger partial charge in [0.1, 0.15) is 5.82 Å². The summed E-state index contributed by atoms with van der Waals surface area (Å²) in [7, 11) is 0. The van der Waals surface area contributed by atoms with Gasteiger partial charge in [0.25, 0.3) is 0 Å². The van der Waals surface area contributed by atoms with Crippen molar-refractivity contribution >= 4 is 5.91 Å². The van der Waals surface area contributed by atoms with Crippen LogP contribution in [0.25, 0.3) is 0 Å². The Morgan fingerprint density at radius 1 is 1.20 bits per heavy atom. The lowest BCUT2D eigenvalue weighted by Crippen LogP contribution is -2.50. The van der Waals surface area contributed by atoms with Gasteiger partial charge in [-0.2, -0.15) is 0 Å². The molecule has 0 radical (unpaired) electrons. The highest BCUT2D eigenvalue weighted by molar-refractivity contribution is 5.82. The molecular formula is C20H27FN2O2. The van der Waals surface area contributed by atoms with Crippen LogP contribution in [0.5, 0.6) is 0 Å². The lowest BCUT2D eigenvalue weighted by atomic mass is 9.93. The van der Waals surface area contributed by atoms with E-state index in [2.05, 4.69) is 4.90 Å². The van der Waals surface area contributed by atoms with E-state index in [1.807, 2.05) is 24.0 Å². The maximum absolute atomic E-state index is 14.0. The number of carbonyl (C=O) groups excluding carboxylic acids is 1. The molecule has 136 valence electrons. The van der Waals surface area contributed by atoms with Crippen LogP contribution < -0.4 is 0 Å². The van der Waals surface area contributed by atoms with Gasteiger partial charge in [-0.3, -0.25) is 9.69 Å². The number of carbonyl (C=O) groups is 1. The summed E-state index contributed by atoms with van der Waals surface area (Å²) in [5.41, 5.74) is 0.984. The summed E-state index contributed by atoms with van der Waals surface area (Å²) in [6, 6.07) is 7.03. The van der Waals surface area contributed by atoms with Crippen LogP contribution in [0.4, 0.5) is 4.39 Å². The highest BCUT2D eigenvalue weighted by Gasteiger charge is 2.59. The second-order valence-corrected chi connectivity index (χ2v) is 7.79. The van der Waals surface area contributed by atoms with Gasteiger partial charge in [0, 0.05) is 56.9 Å². The average molecular weight is 346 g/mol. The molecule has 2 atom stereocenters. The summed E-state index contributed by atoms with van der Waals surface area (Å²) < 4.78 is 19.5. The third kappa shape index (κ3) is 3.20. The maximum atomic E-state index is 14.0. The fourth-order valence-corrected chi connectivity index (χ4v) is 4.59. The molecule has 25 heavy (non-hydrogen) atoms. The van der Waals surface area contributed by atoms with Crippen LogP contribution in [0.2, 0.25) is 0 Å². The van der Waals surface area contributed by atoms with Gasteiger partial charge in [-0.15, -0.1) is 0 Å². The minimum absolute atomic E-state index is 0.0428. The molecule has 1 amide bonds. The molecule has 1 aliphatic carbocycles. The fourth-order valence-electron chi connectivity index (χ4n) is 4.59. The Kier molecular flexibility index (Phi) is 4.54. The van der Waals surface area contributed by atoms with E-state index in [9.17, 15) is 9.18 Å². The smallest absolute Gasteiger partial charge is 0.226 e. The summed E-state index contributed by atoms with van der Waals surface area (Å²) in [6.07, 6.45) is 3.11. The lowest BCUT2D eigenvalue weighted by molar-refractivity contribution is -0.136. The summed E-state index contributed by atoms with van der Waals surface area (Å²) in [6.45, 7) is 6.78. The molecule has 0 aromatic heterocycles. The van der Waals surface area contributed by atoms with Gasteiger partial charge >= 0.3 is 0 Å². The molecule has 4 nitrogen and oxygen atoms in total. The van der Waals surface area contributed by atoms with E-state index in [-0.39, 0.29) is 23.2 Å². The Bertz CT molecular complexity index is 636. The Morgan fingerprint density at radius 3 is 2.56 bits per heavy atom. The molecule has 0 N–H and O–H groups in total. The Hall–Kier alpha value is -1.46. The van der Waals surface area contributed by atoms with Gasteiger partial charge in [0.2, 0.25) is 5.91 Å². The normalized spacial score (nSPS) is 27.3. The second-order valence-electron chi connectivity index (χ2n) is 7.79. The zero-order valence-corrected chi connectivity index (χ0v) is 14.9. The summed E-state index contributed by atoms with van der Waals surface area (Å²) in [5, 5.41) is 0. The van der Waals surface area contributed by atoms with Crippen LogP contribution in [0.15, 0.2) is 24.3 Å². The first-order chi connectivity index (χ1) is 12.1. The first-order valence-electron chi connectivity index (χ1n) is 9.46. The SMILES string of the molecule is CC(c1ccccc1F)N1CCN(C(=O)C2CC23CCOCC3)CC1. The van der Waals surface area contributed by atoms with Crippen LogP contribution in [0, 0.1) is 17.2 Å². The van der Waals surface area contributed by atoms with Crippen LogP contribution in [-0.2, 0) is 9.53 Å². The molecule has 4 rings (SSSR count). The maximum Gasteiger partial charge on any atom is 0.226 e. The Morgan fingerprint density at radius 2 is 1.88 bits per heavy atom. The molecule has 2 unspecified atom stereocenters. The molecular weight excluding hydrogens is 319 g/mol. The highest BCUT2D eigenvalue weighted by atomic mass is 19.1. The van der Waals surface area contributed by atoms with Crippen molar-refractivity contribution in [2.75, 3.05) is 39.4 Å². The summed E-state index contributed by atoms with van der Waals surface area (Å²) in [5.74, 6) is 0.403. The van der Waals surface area contributed by atoms with Crippen molar-refractivity contribution in [2.45, 2.75) is 32.2 Å². The molecule has 3 fully saturated rings. The molecule has 1 saturated carbocycles. The van der Waals surface area contributed by atoms with E-state index in [0.29, 0.717) is 5.91 Å². The highest BCUT2D eigenvalue weighted by Crippen LogP contribution is 2.59. The van der Waals surface area contributed by atoms with Gasteiger partial charge in [0.05, 0.1) is 0 Å². The number of benzene rings is 1. The molecule has 5 heteroatoms. The largest absolute Gasteiger partial charge is 0.381 e. The van der Waals surface area contributed by atoms with Crippen LogP contribution in [-0.4, -0.2) is 55.1 Å². The predicted molar refractivity (Wildman–Crippen MR) is 93.6 cm³/mol. The third-order valence-corrected chi connectivity index (χ3v) is 6.51. The number of ether oxygens (including phenoxy) is 1.